The molecule has 1 atom stereocenters. The van der Waals surface area contributed by atoms with Crippen LogP contribution in [0, 0.1) is 0 Å². The first-order chi connectivity index (χ1) is 8.30. The fraction of sp³-hybridized carbons (Fsp3) is 0.462. The molecule has 1 unspecified atom stereocenters. The van der Waals surface area contributed by atoms with Gasteiger partial charge in [0.05, 0.1) is 6.10 Å². The molecular formula is C13H19BrN2O2. The van der Waals surface area contributed by atoms with E-state index in [0.29, 0.717) is 6.54 Å². The Morgan fingerprint density at radius 2 is 2.22 bits per heavy atom. The molecule has 1 rings (SSSR count). The van der Waals surface area contributed by atoms with Crippen LogP contribution in [0.1, 0.15) is 31.9 Å². The van der Waals surface area contributed by atoms with Crippen LogP contribution in [0.25, 0.3) is 0 Å². The number of carbonyl (C=O) groups is 1. The average Bonchev–Trinajstić information content (AvgIpc) is 2.24. The van der Waals surface area contributed by atoms with Gasteiger partial charge in [-0.1, -0.05) is 28.1 Å². The van der Waals surface area contributed by atoms with Crippen molar-refractivity contribution < 1.29 is 9.90 Å². The zero-order chi connectivity index (χ0) is 13.8. The van der Waals surface area contributed by atoms with Gasteiger partial charge in [-0.15, -0.1) is 0 Å². The highest BCUT2D eigenvalue weighted by atomic mass is 79.9. The van der Waals surface area contributed by atoms with E-state index in [1.54, 1.807) is 0 Å². The number of hydrogen-bond acceptors (Lipinski definition) is 3. The summed E-state index contributed by atoms with van der Waals surface area (Å²) >= 11 is 3.36. The normalized spacial score (nSPS) is 13.3. The molecule has 1 aromatic carbocycles. The molecule has 0 spiro atoms. The van der Waals surface area contributed by atoms with E-state index in [1.807, 2.05) is 38.1 Å². The Morgan fingerprint density at radius 3 is 2.78 bits per heavy atom. The first-order valence-electron chi connectivity index (χ1n) is 5.77. The van der Waals surface area contributed by atoms with Crippen molar-refractivity contribution in [1.29, 1.82) is 0 Å². The van der Waals surface area contributed by atoms with Crippen LogP contribution < -0.4 is 11.1 Å². The summed E-state index contributed by atoms with van der Waals surface area (Å²) in [5.41, 5.74) is 5.58. The number of aliphatic hydroxyl groups is 1. The van der Waals surface area contributed by atoms with Gasteiger partial charge in [0.15, 0.2) is 0 Å². The lowest BCUT2D eigenvalue weighted by Gasteiger charge is -2.26. The van der Waals surface area contributed by atoms with Crippen molar-refractivity contribution in [2.75, 3.05) is 6.54 Å². The molecule has 0 aromatic heterocycles. The van der Waals surface area contributed by atoms with Crippen LogP contribution in [0.2, 0.25) is 0 Å². The SMILES string of the molecule is CC(C)(CC(N)=O)NCC(O)c1cccc(Br)c1. The van der Waals surface area contributed by atoms with E-state index >= 15 is 0 Å². The predicted octanol–water partition coefficient (Wildman–Crippen LogP) is 1.73. The van der Waals surface area contributed by atoms with Gasteiger partial charge in [0.1, 0.15) is 0 Å². The maximum absolute atomic E-state index is 10.9. The van der Waals surface area contributed by atoms with Gasteiger partial charge < -0.3 is 16.2 Å². The van der Waals surface area contributed by atoms with Crippen LogP contribution in [0.15, 0.2) is 28.7 Å². The zero-order valence-electron chi connectivity index (χ0n) is 10.6. The zero-order valence-corrected chi connectivity index (χ0v) is 12.2. The fourth-order valence-electron chi connectivity index (χ4n) is 1.70. The highest BCUT2D eigenvalue weighted by Gasteiger charge is 2.21. The summed E-state index contributed by atoms with van der Waals surface area (Å²) in [5, 5.41) is 13.2. The molecule has 4 nitrogen and oxygen atoms in total. The Bertz CT molecular complexity index is 421. The standard InChI is InChI=1S/C13H19BrN2O2/c1-13(2,7-12(15)18)16-8-11(17)9-4-3-5-10(14)6-9/h3-6,11,16-17H,7-8H2,1-2H3,(H2,15,18). The third kappa shape index (κ3) is 5.16. The van der Waals surface area contributed by atoms with Crippen molar-refractivity contribution >= 4 is 21.8 Å². The molecule has 0 saturated heterocycles. The number of rotatable bonds is 6. The molecule has 100 valence electrons. The molecule has 0 aliphatic carbocycles. The first-order valence-corrected chi connectivity index (χ1v) is 6.56. The summed E-state index contributed by atoms with van der Waals surface area (Å²) in [7, 11) is 0. The Balaban J connectivity index is 2.55. The minimum atomic E-state index is -0.616. The van der Waals surface area contributed by atoms with E-state index in [4.69, 9.17) is 5.73 Å². The van der Waals surface area contributed by atoms with Crippen LogP contribution in [-0.2, 0) is 4.79 Å². The monoisotopic (exact) mass is 314 g/mol. The predicted molar refractivity (Wildman–Crippen MR) is 75.0 cm³/mol. The smallest absolute Gasteiger partial charge is 0.219 e. The van der Waals surface area contributed by atoms with Crippen LogP contribution in [0.5, 0.6) is 0 Å². The lowest BCUT2D eigenvalue weighted by atomic mass is 9.99. The van der Waals surface area contributed by atoms with Gasteiger partial charge in [-0.2, -0.15) is 0 Å². The summed E-state index contributed by atoms with van der Waals surface area (Å²) in [6.45, 7) is 4.13. The highest BCUT2D eigenvalue weighted by molar-refractivity contribution is 9.10. The van der Waals surface area contributed by atoms with Crippen LogP contribution in [-0.4, -0.2) is 23.1 Å². The van der Waals surface area contributed by atoms with E-state index in [9.17, 15) is 9.90 Å². The molecule has 0 fully saturated rings. The Kier molecular flexibility index (Phi) is 5.31. The number of β-amino-alcohol motifs (C(OH)–C–C–N with tert-alkyl or cyclic N) is 1. The van der Waals surface area contributed by atoms with Gasteiger partial charge in [-0.25, -0.2) is 0 Å². The number of nitrogens with one attached hydrogen (secondary N) is 1. The van der Waals surface area contributed by atoms with E-state index in [-0.39, 0.29) is 12.3 Å². The van der Waals surface area contributed by atoms with Crippen LogP contribution in [0.3, 0.4) is 0 Å². The van der Waals surface area contributed by atoms with Gasteiger partial charge in [0.2, 0.25) is 5.91 Å². The quantitative estimate of drug-likeness (QED) is 0.748. The molecule has 0 aliphatic heterocycles. The third-order valence-corrected chi connectivity index (χ3v) is 3.12. The second kappa shape index (κ2) is 6.31. The second-order valence-corrected chi connectivity index (χ2v) is 5.89. The molecule has 0 heterocycles. The molecule has 0 aliphatic rings. The Morgan fingerprint density at radius 1 is 1.56 bits per heavy atom. The molecule has 0 radical (unpaired) electrons. The average molecular weight is 315 g/mol. The van der Waals surface area contributed by atoms with E-state index in [1.165, 1.54) is 0 Å². The molecule has 0 saturated carbocycles. The molecule has 1 aromatic rings. The molecule has 0 bridgehead atoms. The van der Waals surface area contributed by atoms with E-state index in [2.05, 4.69) is 21.2 Å². The lowest BCUT2D eigenvalue weighted by Crippen LogP contribution is -2.44. The lowest BCUT2D eigenvalue weighted by molar-refractivity contribution is -0.119. The van der Waals surface area contributed by atoms with Crippen LogP contribution in [0.4, 0.5) is 0 Å². The molecule has 5 heteroatoms. The minimum absolute atomic E-state index is 0.234. The van der Waals surface area contributed by atoms with Crippen molar-refractivity contribution in [3.8, 4) is 0 Å². The maximum Gasteiger partial charge on any atom is 0.219 e. The molecule has 1 amide bonds. The van der Waals surface area contributed by atoms with Gasteiger partial charge in [-0.3, -0.25) is 4.79 Å². The summed E-state index contributed by atoms with van der Waals surface area (Å²) < 4.78 is 0.926. The van der Waals surface area contributed by atoms with Crippen LogP contribution >= 0.6 is 15.9 Å². The van der Waals surface area contributed by atoms with Crippen molar-refractivity contribution in [3.05, 3.63) is 34.3 Å². The molecular weight excluding hydrogens is 296 g/mol. The fourth-order valence-corrected chi connectivity index (χ4v) is 2.12. The number of aliphatic hydroxyl groups excluding tert-OH is 1. The van der Waals surface area contributed by atoms with E-state index < -0.39 is 11.6 Å². The third-order valence-electron chi connectivity index (χ3n) is 2.62. The number of nitrogens with two attached hydrogens (primary N) is 1. The molecule has 18 heavy (non-hydrogen) atoms. The van der Waals surface area contributed by atoms with Gasteiger partial charge in [-0.05, 0) is 31.5 Å². The van der Waals surface area contributed by atoms with Crippen molar-refractivity contribution in [1.82, 2.24) is 5.32 Å². The first kappa shape index (κ1) is 15.1. The minimum Gasteiger partial charge on any atom is -0.387 e. The number of amides is 1. The highest BCUT2D eigenvalue weighted by Crippen LogP contribution is 2.18. The Hall–Kier alpha value is -0.910. The van der Waals surface area contributed by atoms with Crippen molar-refractivity contribution in [3.63, 3.8) is 0 Å². The largest absolute Gasteiger partial charge is 0.387 e. The topological polar surface area (TPSA) is 75.4 Å². The number of benzene rings is 1. The van der Waals surface area contributed by atoms with E-state index in [0.717, 1.165) is 10.0 Å². The summed E-state index contributed by atoms with van der Waals surface area (Å²) in [4.78, 5) is 10.9. The number of primary amides is 1. The van der Waals surface area contributed by atoms with Crippen molar-refractivity contribution in [2.24, 2.45) is 5.73 Å². The number of hydrogen-bond donors (Lipinski definition) is 3. The summed E-state index contributed by atoms with van der Waals surface area (Å²) in [6.07, 6.45) is -0.382. The van der Waals surface area contributed by atoms with Gasteiger partial charge in [0.25, 0.3) is 0 Å². The van der Waals surface area contributed by atoms with Gasteiger partial charge in [0, 0.05) is 23.0 Å². The second-order valence-electron chi connectivity index (χ2n) is 4.98. The number of halogens is 1. The molecule has 4 N–H and O–H groups in total. The maximum atomic E-state index is 10.9. The Labute approximate surface area is 116 Å². The van der Waals surface area contributed by atoms with Crippen molar-refractivity contribution in [2.45, 2.75) is 31.9 Å². The summed E-state index contributed by atoms with van der Waals surface area (Å²) in [5.74, 6) is -0.357. The summed E-state index contributed by atoms with van der Waals surface area (Å²) in [6, 6.07) is 7.50. The van der Waals surface area contributed by atoms with Gasteiger partial charge >= 0.3 is 0 Å². The number of carbonyl (C=O) groups excluding carboxylic acids is 1.